The van der Waals surface area contributed by atoms with E-state index in [9.17, 15) is 4.79 Å². The molecule has 2 rings (SSSR count). The fourth-order valence-corrected chi connectivity index (χ4v) is 1.92. The quantitative estimate of drug-likeness (QED) is 0.767. The van der Waals surface area contributed by atoms with Crippen molar-refractivity contribution >= 4 is 5.91 Å². The van der Waals surface area contributed by atoms with E-state index in [1.807, 2.05) is 19.2 Å². The van der Waals surface area contributed by atoms with Gasteiger partial charge in [-0.25, -0.2) is 0 Å². The van der Waals surface area contributed by atoms with Gasteiger partial charge in [0, 0.05) is 25.0 Å². The van der Waals surface area contributed by atoms with E-state index in [0.717, 1.165) is 5.56 Å². The molecule has 2 heterocycles. The van der Waals surface area contributed by atoms with Crippen LogP contribution in [0.3, 0.4) is 0 Å². The highest BCUT2D eigenvalue weighted by Crippen LogP contribution is 2.13. The SMILES string of the molecule is CNC1COCC1C(=O)NCc1ccncc1. The van der Waals surface area contributed by atoms with E-state index in [1.54, 1.807) is 12.4 Å². The summed E-state index contributed by atoms with van der Waals surface area (Å²) in [6.45, 7) is 1.63. The molecule has 0 spiro atoms. The Bertz CT molecular complexity index is 369. The third-order valence-electron chi connectivity index (χ3n) is 3.00. The van der Waals surface area contributed by atoms with E-state index in [4.69, 9.17) is 4.74 Å². The van der Waals surface area contributed by atoms with Crippen molar-refractivity contribution < 1.29 is 9.53 Å². The summed E-state index contributed by atoms with van der Waals surface area (Å²) in [6.07, 6.45) is 3.44. The predicted molar refractivity (Wildman–Crippen MR) is 63.2 cm³/mol. The summed E-state index contributed by atoms with van der Waals surface area (Å²) in [4.78, 5) is 15.9. The number of aromatic nitrogens is 1. The minimum Gasteiger partial charge on any atom is -0.379 e. The molecule has 2 atom stereocenters. The van der Waals surface area contributed by atoms with Crippen LogP contribution in [0.15, 0.2) is 24.5 Å². The molecule has 1 amide bonds. The molecule has 0 aromatic carbocycles. The molecule has 2 unspecified atom stereocenters. The lowest BCUT2D eigenvalue weighted by Crippen LogP contribution is -2.42. The number of nitrogens with zero attached hydrogens (tertiary/aromatic N) is 1. The molecule has 1 fully saturated rings. The van der Waals surface area contributed by atoms with Gasteiger partial charge in [0.15, 0.2) is 0 Å². The van der Waals surface area contributed by atoms with Gasteiger partial charge in [-0.2, -0.15) is 0 Å². The third-order valence-corrected chi connectivity index (χ3v) is 3.00. The van der Waals surface area contributed by atoms with Crippen LogP contribution in [0.2, 0.25) is 0 Å². The van der Waals surface area contributed by atoms with Crippen molar-refractivity contribution in [2.45, 2.75) is 12.6 Å². The van der Waals surface area contributed by atoms with Gasteiger partial charge in [0.25, 0.3) is 0 Å². The van der Waals surface area contributed by atoms with Crippen molar-refractivity contribution in [3.05, 3.63) is 30.1 Å². The van der Waals surface area contributed by atoms with Crippen molar-refractivity contribution in [1.29, 1.82) is 0 Å². The molecule has 1 aromatic heterocycles. The molecule has 2 N–H and O–H groups in total. The first kappa shape index (κ1) is 12.0. The number of pyridine rings is 1. The Labute approximate surface area is 101 Å². The van der Waals surface area contributed by atoms with E-state index in [0.29, 0.717) is 19.8 Å². The first-order valence-electron chi connectivity index (χ1n) is 5.73. The molecule has 0 bridgehead atoms. The molecule has 1 aliphatic rings. The molecular formula is C12H17N3O2. The van der Waals surface area contributed by atoms with Crippen LogP contribution in [-0.2, 0) is 16.1 Å². The van der Waals surface area contributed by atoms with E-state index in [2.05, 4.69) is 15.6 Å². The van der Waals surface area contributed by atoms with E-state index in [1.165, 1.54) is 0 Å². The van der Waals surface area contributed by atoms with Crippen molar-refractivity contribution in [3.8, 4) is 0 Å². The summed E-state index contributed by atoms with van der Waals surface area (Å²) >= 11 is 0. The normalized spacial score (nSPS) is 23.6. The largest absolute Gasteiger partial charge is 0.379 e. The topological polar surface area (TPSA) is 63.2 Å². The molecular weight excluding hydrogens is 218 g/mol. The number of carbonyl (C=O) groups is 1. The standard InChI is InChI=1S/C12H17N3O2/c1-13-11-8-17-7-10(11)12(16)15-6-9-2-4-14-5-3-9/h2-5,10-11,13H,6-8H2,1H3,(H,15,16). The second-order valence-electron chi connectivity index (χ2n) is 4.11. The van der Waals surface area contributed by atoms with Crippen LogP contribution in [0.1, 0.15) is 5.56 Å². The Kier molecular flexibility index (Phi) is 4.06. The summed E-state index contributed by atoms with van der Waals surface area (Å²) in [5, 5.41) is 6.02. The van der Waals surface area contributed by atoms with Crippen molar-refractivity contribution in [1.82, 2.24) is 15.6 Å². The zero-order chi connectivity index (χ0) is 12.1. The van der Waals surface area contributed by atoms with Gasteiger partial charge in [-0.3, -0.25) is 9.78 Å². The van der Waals surface area contributed by atoms with Gasteiger partial charge in [0.1, 0.15) is 0 Å². The van der Waals surface area contributed by atoms with Crippen LogP contribution in [0.5, 0.6) is 0 Å². The van der Waals surface area contributed by atoms with Crippen molar-refractivity contribution in [3.63, 3.8) is 0 Å². The lowest BCUT2D eigenvalue weighted by molar-refractivity contribution is -0.125. The van der Waals surface area contributed by atoms with Gasteiger partial charge < -0.3 is 15.4 Å². The molecule has 5 heteroatoms. The summed E-state index contributed by atoms with van der Waals surface area (Å²) < 4.78 is 5.30. The molecule has 1 aliphatic heterocycles. The summed E-state index contributed by atoms with van der Waals surface area (Å²) in [5.74, 6) is -0.0551. The molecule has 1 aromatic rings. The lowest BCUT2D eigenvalue weighted by atomic mass is 10.0. The number of hydrogen-bond acceptors (Lipinski definition) is 4. The van der Waals surface area contributed by atoms with Gasteiger partial charge in [0.05, 0.1) is 19.1 Å². The fourth-order valence-electron chi connectivity index (χ4n) is 1.92. The van der Waals surface area contributed by atoms with Gasteiger partial charge in [0.2, 0.25) is 5.91 Å². The maximum atomic E-state index is 11.9. The van der Waals surface area contributed by atoms with Gasteiger partial charge in [-0.1, -0.05) is 0 Å². The smallest absolute Gasteiger partial charge is 0.227 e. The minimum atomic E-state index is -0.0955. The lowest BCUT2D eigenvalue weighted by Gasteiger charge is -2.16. The number of carbonyl (C=O) groups excluding carboxylic acids is 1. The average molecular weight is 235 g/mol. The molecule has 1 saturated heterocycles. The van der Waals surface area contributed by atoms with Crippen LogP contribution in [0.4, 0.5) is 0 Å². The molecule has 5 nitrogen and oxygen atoms in total. The number of likely N-dealkylation sites (N-methyl/N-ethyl adjacent to an activating group) is 1. The van der Waals surface area contributed by atoms with Crippen LogP contribution in [0, 0.1) is 5.92 Å². The second kappa shape index (κ2) is 5.75. The summed E-state index contributed by atoms with van der Waals surface area (Å²) in [6, 6.07) is 3.90. The Balaban J connectivity index is 1.85. The highest BCUT2D eigenvalue weighted by atomic mass is 16.5. The van der Waals surface area contributed by atoms with E-state index < -0.39 is 0 Å². The number of ether oxygens (including phenoxy) is 1. The monoisotopic (exact) mass is 235 g/mol. The van der Waals surface area contributed by atoms with Gasteiger partial charge in [-0.15, -0.1) is 0 Å². The van der Waals surface area contributed by atoms with Crippen LogP contribution in [0.25, 0.3) is 0 Å². The van der Waals surface area contributed by atoms with Crippen molar-refractivity contribution in [2.75, 3.05) is 20.3 Å². The van der Waals surface area contributed by atoms with Crippen LogP contribution >= 0.6 is 0 Å². The number of rotatable bonds is 4. The fraction of sp³-hybridized carbons (Fsp3) is 0.500. The average Bonchev–Trinajstić information content (AvgIpc) is 2.85. The van der Waals surface area contributed by atoms with Crippen LogP contribution in [-0.4, -0.2) is 37.2 Å². The maximum Gasteiger partial charge on any atom is 0.227 e. The van der Waals surface area contributed by atoms with Crippen molar-refractivity contribution in [2.24, 2.45) is 5.92 Å². The highest BCUT2D eigenvalue weighted by Gasteiger charge is 2.32. The Morgan fingerprint density at radius 2 is 2.24 bits per heavy atom. The third kappa shape index (κ3) is 3.01. The molecule has 0 aliphatic carbocycles. The predicted octanol–water partition coefficient (Wildman–Crippen LogP) is -0.0678. The maximum absolute atomic E-state index is 11.9. The molecule has 0 saturated carbocycles. The zero-order valence-corrected chi connectivity index (χ0v) is 9.85. The molecule has 17 heavy (non-hydrogen) atoms. The molecule has 0 radical (unpaired) electrons. The number of amides is 1. The van der Waals surface area contributed by atoms with Gasteiger partial charge in [-0.05, 0) is 24.7 Å². The number of nitrogens with one attached hydrogen (secondary N) is 2. The van der Waals surface area contributed by atoms with E-state index in [-0.39, 0.29) is 17.9 Å². The Morgan fingerprint density at radius 1 is 1.47 bits per heavy atom. The highest BCUT2D eigenvalue weighted by molar-refractivity contribution is 5.79. The second-order valence-corrected chi connectivity index (χ2v) is 4.11. The van der Waals surface area contributed by atoms with Crippen LogP contribution < -0.4 is 10.6 Å². The minimum absolute atomic E-state index is 0.0404. The number of hydrogen-bond donors (Lipinski definition) is 2. The van der Waals surface area contributed by atoms with E-state index >= 15 is 0 Å². The first-order chi connectivity index (χ1) is 8.31. The first-order valence-corrected chi connectivity index (χ1v) is 5.73. The van der Waals surface area contributed by atoms with Gasteiger partial charge >= 0.3 is 0 Å². The zero-order valence-electron chi connectivity index (χ0n) is 9.85. The molecule has 92 valence electrons. The summed E-state index contributed by atoms with van der Waals surface area (Å²) in [5.41, 5.74) is 1.05. The Morgan fingerprint density at radius 3 is 2.94 bits per heavy atom. The Hall–Kier alpha value is -1.46. The summed E-state index contributed by atoms with van der Waals surface area (Å²) in [7, 11) is 1.85.